The summed E-state index contributed by atoms with van der Waals surface area (Å²) in [4.78, 5) is 23.2. The van der Waals surface area contributed by atoms with E-state index in [0.29, 0.717) is 12.8 Å². The number of rotatable bonds is 5. The van der Waals surface area contributed by atoms with Gasteiger partial charge < -0.3 is 16.2 Å². The van der Waals surface area contributed by atoms with Crippen LogP contribution in [0.3, 0.4) is 0 Å². The minimum Gasteiger partial charge on any atom is -0.481 e. The second kappa shape index (κ2) is 5.63. The molecule has 2 rings (SSSR count). The molecule has 1 saturated carbocycles. The molecular weight excluding hydrogens is 256 g/mol. The Morgan fingerprint density at radius 2 is 1.95 bits per heavy atom. The number of nitrogens with one attached hydrogen (secondary N) is 1. The van der Waals surface area contributed by atoms with E-state index < -0.39 is 17.4 Å². The second-order valence-electron chi connectivity index (χ2n) is 5.55. The number of nitrogens with two attached hydrogens (primary N) is 1. The molecular formula is C15H20N2O3. The molecule has 0 saturated heterocycles. The Morgan fingerprint density at radius 1 is 1.35 bits per heavy atom. The Hall–Kier alpha value is -1.88. The topological polar surface area (TPSA) is 92.4 Å². The number of benzene rings is 1. The van der Waals surface area contributed by atoms with E-state index in [1.807, 2.05) is 31.2 Å². The third-order valence-corrected chi connectivity index (χ3v) is 4.08. The Kier molecular flexibility index (Phi) is 4.09. The maximum atomic E-state index is 12.0. The van der Waals surface area contributed by atoms with E-state index in [1.54, 1.807) is 0 Å². The van der Waals surface area contributed by atoms with Crippen molar-refractivity contribution in [3.8, 4) is 0 Å². The average Bonchev–Trinajstić information content (AvgIpc) is 2.36. The zero-order chi connectivity index (χ0) is 14.8. The number of carboxylic acid groups (broad SMARTS) is 1. The fourth-order valence-corrected chi connectivity index (χ4v) is 2.36. The molecule has 1 aromatic carbocycles. The smallest absolute Gasteiger partial charge is 0.311 e. The Bertz CT molecular complexity index is 506. The normalized spacial score (nSPS) is 17.9. The molecule has 0 aliphatic heterocycles. The van der Waals surface area contributed by atoms with Gasteiger partial charge >= 0.3 is 5.97 Å². The van der Waals surface area contributed by atoms with Crippen molar-refractivity contribution in [3.05, 3.63) is 35.4 Å². The predicted molar refractivity (Wildman–Crippen MR) is 75.0 cm³/mol. The van der Waals surface area contributed by atoms with Crippen LogP contribution in [-0.4, -0.2) is 23.5 Å². The van der Waals surface area contributed by atoms with Crippen molar-refractivity contribution in [1.82, 2.24) is 5.32 Å². The van der Waals surface area contributed by atoms with Crippen LogP contribution in [0.1, 0.15) is 36.4 Å². The summed E-state index contributed by atoms with van der Waals surface area (Å²) in [5.74, 6) is -1.17. The van der Waals surface area contributed by atoms with Gasteiger partial charge in [0.25, 0.3) is 0 Å². The number of amides is 1. The second-order valence-corrected chi connectivity index (χ2v) is 5.55. The van der Waals surface area contributed by atoms with Crippen LogP contribution in [0.15, 0.2) is 24.3 Å². The Balaban J connectivity index is 1.94. The van der Waals surface area contributed by atoms with Gasteiger partial charge in [-0.25, -0.2) is 0 Å². The molecule has 1 unspecified atom stereocenters. The monoisotopic (exact) mass is 276 g/mol. The molecule has 0 aromatic heterocycles. The van der Waals surface area contributed by atoms with Crippen molar-refractivity contribution in [1.29, 1.82) is 0 Å². The third kappa shape index (κ3) is 2.82. The van der Waals surface area contributed by atoms with Gasteiger partial charge in [0.05, 0.1) is 5.41 Å². The molecule has 1 atom stereocenters. The van der Waals surface area contributed by atoms with Crippen molar-refractivity contribution < 1.29 is 14.7 Å². The van der Waals surface area contributed by atoms with Crippen LogP contribution >= 0.6 is 0 Å². The Morgan fingerprint density at radius 3 is 2.40 bits per heavy atom. The third-order valence-electron chi connectivity index (χ3n) is 4.08. The summed E-state index contributed by atoms with van der Waals surface area (Å²) < 4.78 is 0. The van der Waals surface area contributed by atoms with E-state index in [-0.39, 0.29) is 12.5 Å². The van der Waals surface area contributed by atoms with Crippen molar-refractivity contribution in [2.75, 3.05) is 6.54 Å². The van der Waals surface area contributed by atoms with E-state index >= 15 is 0 Å². The van der Waals surface area contributed by atoms with Crippen LogP contribution < -0.4 is 11.1 Å². The number of carboxylic acids is 1. The molecule has 1 fully saturated rings. The van der Waals surface area contributed by atoms with Gasteiger partial charge in [0.1, 0.15) is 6.04 Å². The van der Waals surface area contributed by atoms with Crippen LogP contribution in [0.4, 0.5) is 0 Å². The molecule has 0 spiro atoms. The van der Waals surface area contributed by atoms with Crippen LogP contribution in [0.2, 0.25) is 0 Å². The van der Waals surface area contributed by atoms with Gasteiger partial charge in [-0.2, -0.15) is 0 Å². The first-order valence-electron chi connectivity index (χ1n) is 6.78. The minimum atomic E-state index is -0.840. The van der Waals surface area contributed by atoms with E-state index in [4.69, 9.17) is 5.73 Å². The number of hydrogen-bond acceptors (Lipinski definition) is 3. The lowest BCUT2D eigenvalue weighted by Crippen LogP contribution is -2.49. The fraction of sp³-hybridized carbons (Fsp3) is 0.467. The van der Waals surface area contributed by atoms with Crippen LogP contribution in [0.25, 0.3) is 0 Å². The number of carbonyl (C=O) groups excluding carboxylic acids is 1. The van der Waals surface area contributed by atoms with Gasteiger partial charge in [-0.05, 0) is 25.3 Å². The lowest BCUT2D eigenvalue weighted by molar-refractivity contribution is -0.154. The lowest BCUT2D eigenvalue weighted by Gasteiger charge is -2.37. The highest BCUT2D eigenvalue weighted by molar-refractivity contribution is 5.84. The van der Waals surface area contributed by atoms with E-state index in [9.17, 15) is 14.7 Å². The molecule has 0 heterocycles. The maximum absolute atomic E-state index is 12.0. The van der Waals surface area contributed by atoms with E-state index in [2.05, 4.69) is 5.32 Å². The highest BCUT2D eigenvalue weighted by Gasteiger charge is 2.44. The minimum absolute atomic E-state index is 0.154. The van der Waals surface area contributed by atoms with E-state index in [1.165, 1.54) is 0 Å². The van der Waals surface area contributed by atoms with Crippen molar-refractivity contribution in [3.63, 3.8) is 0 Å². The Labute approximate surface area is 118 Å². The highest BCUT2D eigenvalue weighted by Crippen LogP contribution is 2.40. The number of carbonyl (C=O) groups is 2. The highest BCUT2D eigenvalue weighted by atomic mass is 16.4. The molecule has 20 heavy (non-hydrogen) atoms. The summed E-state index contributed by atoms with van der Waals surface area (Å²) >= 11 is 0. The maximum Gasteiger partial charge on any atom is 0.311 e. The average molecular weight is 276 g/mol. The molecule has 1 aliphatic carbocycles. The molecule has 0 bridgehead atoms. The molecule has 1 aromatic rings. The zero-order valence-electron chi connectivity index (χ0n) is 11.6. The standard InChI is InChI=1S/C15H20N2O3/c1-10-3-5-11(6-4-10)12(16)13(18)17-9-15(14(19)20)7-2-8-15/h3-6,12H,2,7-9,16H2,1H3,(H,17,18)(H,19,20). The van der Waals surface area contributed by atoms with Gasteiger partial charge in [0.2, 0.25) is 5.91 Å². The first kappa shape index (κ1) is 14.5. The van der Waals surface area contributed by atoms with Crippen molar-refractivity contribution in [2.45, 2.75) is 32.2 Å². The SMILES string of the molecule is Cc1ccc(C(N)C(=O)NCC2(C(=O)O)CCC2)cc1. The molecule has 5 nitrogen and oxygen atoms in total. The van der Waals surface area contributed by atoms with Gasteiger partial charge in [0.15, 0.2) is 0 Å². The zero-order valence-corrected chi connectivity index (χ0v) is 11.6. The molecule has 1 amide bonds. The van der Waals surface area contributed by atoms with Gasteiger partial charge in [0, 0.05) is 6.54 Å². The number of aryl methyl sites for hydroxylation is 1. The van der Waals surface area contributed by atoms with E-state index in [0.717, 1.165) is 17.5 Å². The largest absolute Gasteiger partial charge is 0.481 e. The van der Waals surface area contributed by atoms with Crippen LogP contribution in [0, 0.1) is 12.3 Å². The molecule has 1 aliphatic rings. The van der Waals surface area contributed by atoms with Gasteiger partial charge in [-0.3, -0.25) is 9.59 Å². The number of hydrogen-bond donors (Lipinski definition) is 3. The molecule has 108 valence electrons. The summed E-state index contributed by atoms with van der Waals surface area (Å²) in [6, 6.07) is 6.66. The van der Waals surface area contributed by atoms with Crippen LogP contribution in [-0.2, 0) is 9.59 Å². The molecule has 4 N–H and O–H groups in total. The predicted octanol–water partition coefficient (Wildman–Crippen LogP) is 1.37. The first-order chi connectivity index (χ1) is 9.44. The van der Waals surface area contributed by atoms with Gasteiger partial charge in [-0.1, -0.05) is 36.2 Å². The summed E-state index contributed by atoms with van der Waals surface area (Å²) in [5, 5.41) is 11.9. The fourth-order valence-electron chi connectivity index (χ4n) is 2.36. The summed E-state index contributed by atoms with van der Waals surface area (Å²) in [6.07, 6.45) is 2.12. The van der Waals surface area contributed by atoms with Crippen molar-refractivity contribution in [2.24, 2.45) is 11.1 Å². The summed E-state index contributed by atoms with van der Waals surface area (Å²) in [5.41, 5.74) is 6.93. The number of aliphatic carboxylic acids is 1. The first-order valence-corrected chi connectivity index (χ1v) is 6.78. The summed E-state index contributed by atoms with van der Waals surface area (Å²) in [6.45, 7) is 2.11. The van der Waals surface area contributed by atoms with Crippen molar-refractivity contribution >= 4 is 11.9 Å². The van der Waals surface area contributed by atoms with Crippen LogP contribution in [0.5, 0.6) is 0 Å². The molecule has 5 heteroatoms. The lowest BCUT2D eigenvalue weighted by atomic mass is 9.69. The quantitative estimate of drug-likeness (QED) is 0.757. The van der Waals surface area contributed by atoms with Gasteiger partial charge in [-0.15, -0.1) is 0 Å². The summed E-state index contributed by atoms with van der Waals surface area (Å²) in [7, 11) is 0. The molecule has 0 radical (unpaired) electrons.